The maximum Gasteiger partial charge on any atom is 0.335 e. The van der Waals surface area contributed by atoms with Crippen LogP contribution in [0.2, 0.25) is 5.02 Å². The fourth-order valence-electron chi connectivity index (χ4n) is 7.34. The third-order valence-corrected chi connectivity index (χ3v) is 10.3. The fourth-order valence-corrected chi connectivity index (χ4v) is 7.54. The highest BCUT2D eigenvalue weighted by Gasteiger charge is 2.46. The van der Waals surface area contributed by atoms with E-state index in [1.165, 1.54) is 41.3 Å². The first-order chi connectivity index (χ1) is 27.4. The van der Waals surface area contributed by atoms with Crippen molar-refractivity contribution in [2.45, 2.75) is 115 Å². The van der Waals surface area contributed by atoms with Gasteiger partial charge >= 0.3 is 5.97 Å². The molecule has 0 aromatic heterocycles. The molecule has 0 radical (unpaired) electrons. The Morgan fingerprint density at radius 1 is 0.931 bits per heavy atom. The van der Waals surface area contributed by atoms with Gasteiger partial charge in [0.15, 0.2) is 0 Å². The van der Waals surface area contributed by atoms with E-state index in [1.807, 2.05) is 20.8 Å². The van der Waals surface area contributed by atoms with Gasteiger partial charge < -0.3 is 41.7 Å². The van der Waals surface area contributed by atoms with Gasteiger partial charge in [0.2, 0.25) is 29.4 Å². The molecule has 16 nitrogen and oxygen atoms in total. The average Bonchev–Trinajstić information content (AvgIpc) is 3.60. The molecule has 2 fully saturated rings. The summed E-state index contributed by atoms with van der Waals surface area (Å²) in [7, 11) is 0. The van der Waals surface area contributed by atoms with Crippen LogP contribution in [0.1, 0.15) is 111 Å². The number of nitrogens with zero attached hydrogens (tertiary/aromatic N) is 1. The van der Waals surface area contributed by atoms with Crippen molar-refractivity contribution in [3.05, 3.63) is 70.2 Å². The third kappa shape index (κ3) is 12.6. The number of rotatable bonds is 17. The summed E-state index contributed by atoms with van der Waals surface area (Å²) in [6, 6.07) is 6.75. The maximum absolute atomic E-state index is 14.6. The molecular weight excluding hydrogens is 772 g/mol. The number of ether oxygens (including phenoxy) is 1. The Balaban J connectivity index is 1.50. The molecule has 4 rings (SSSR count). The van der Waals surface area contributed by atoms with E-state index >= 15 is 0 Å². The van der Waals surface area contributed by atoms with Crippen LogP contribution in [0.4, 0.5) is 0 Å². The van der Waals surface area contributed by atoms with Gasteiger partial charge in [-0.3, -0.25) is 33.6 Å². The van der Waals surface area contributed by atoms with E-state index in [0.29, 0.717) is 29.8 Å². The highest BCUT2D eigenvalue weighted by molar-refractivity contribution is 6.38. The summed E-state index contributed by atoms with van der Waals surface area (Å²) in [4.78, 5) is 106. The van der Waals surface area contributed by atoms with Crippen molar-refractivity contribution in [2.75, 3.05) is 13.1 Å². The number of likely N-dealkylation sites (tertiary alicyclic amines) is 1. The zero-order valence-corrected chi connectivity index (χ0v) is 33.9. The van der Waals surface area contributed by atoms with E-state index in [9.17, 15) is 43.5 Å². The summed E-state index contributed by atoms with van der Waals surface area (Å²) in [5, 5.41) is 19.8. The lowest BCUT2D eigenvalue weighted by Gasteiger charge is -2.35. The molecule has 0 bridgehead atoms. The van der Waals surface area contributed by atoms with Gasteiger partial charge in [-0.25, -0.2) is 4.79 Å². The minimum Gasteiger partial charge on any atom is -0.478 e. The molecule has 1 aliphatic heterocycles. The van der Waals surface area contributed by atoms with Crippen LogP contribution >= 0.6 is 11.6 Å². The van der Waals surface area contributed by atoms with Crippen molar-refractivity contribution in [3.63, 3.8) is 0 Å². The summed E-state index contributed by atoms with van der Waals surface area (Å²) in [6.07, 6.45) is 3.92. The van der Waals surface area contributed by atoms with E-state index in [2.05, 4.69) is 21.3 Å². The summed E-state index contributed by atoms with van der Waals surface area (Å²) in [5.41, 5.74) is 5.31. The maximum atomic E-state index is 14.6. The molecule has 1 saturated heterocycles. The first-order valence-electron chi connectivity index (χ1n) is 19.5. The summed E-state index contributed by atoms with van der Waals surface area (Å²) in [5.74, 6) is -7.04. The van der Waals surface area contributed by atoms with E-state index < -0.39 is 89.6 Å². The van der Waals surface area contributed by atoms with Crippen LogP contribution in [-0.4, -0.2) is 100 Å². The molecule has 5 unspecified atom stereocenters. The molecule has 7 N–H and O–H groups in total. The predicted octanol–water partition coefficient (Wildman–Crippen LogP) is 2.81. The Bertz CT molecular complexity index is 1860. The number of ketones is 1. The van der Waals surface area contributed by atoms with Crippen LogP contribution in [0.3, 0.4) is 0 Å². The van der Waals surface area contributed by atoms with Gasteiger partial charge in [0, 0.05) is 23.6 Å². The molecule has 1 aliphatic carbocycles. The molecule has 314 valence electrons. The van der Waals surface area contributed by atoms with Gasteiger partial charge in [0.05, 0.1) is 29.9 Å². The lowest BCUT2D eigenvalue weighted by Crippen LogP contribution is -2.58. The van der Waals surface area contributed by atoms with Crippen molar-refractivity contribution in [1.29, 1.82) is 0 Å². The van der Waals surface area contributed by atoms with Crippen LogP contribution in [0, 0.1) is 5.92 Å². The summed E-state index contributed by atoms with van der Waals surface area (Å²) >= 11 is 6.01. The number of primary amides is 1. The first-order valence-corrected chi connectivity index (χ1v) is 19.8. The number of hydrogen-bond acceptors (Lipinski definition) is 9. The smallest absolute Gasteiger partial charge is 0.335 e. The normalized spacial score (nSPS) is 18.6. The van der Waals surface area contributed by atoms with E-state index in [1.54, 1.807) is 19.1 Å². The molecule has 2 aliphatic rings. The van der Waals surface area contributed by atoms with E-state index in [0.717, 1.165) is 19.3 Å². The van der Waals surface area contributed by atoms with Crippen LogP contribution < -0.4 is 27.0 Å². The largest absolute Gasteiger partial charge is 0.478 e. The number of Topliss-reactive ketones (excluding diaryl/α,β-unsaturated/α-hetero) is 1. The van der Waals surface area contributed by atoms with Crippen LogP contribution in [0.25, 0.3) is 0 Å². The Morgan fingerprint density at radius 2 is 1.59 bits per heavy atom. The van der Waals surface area contributed by atoms with Crippen molar-refractivity contribution in [1.82, 2.24) is 26.2 Å². The molecule has 2 aromatic rings. The lowest BCUT2D eigenvalue weighted by molar-refractivity contribution is -0.143. The first kappa shape index (κ1) is 45.4. The lowest BCUT2D eigenvalue weighted by atomic mass is 9.83. The predicted molar refractivity (Wildman–Crippen MR) is 212 cm³/mol. The molecule has 2 aromatic carbocycles. The highest BCUT2D eigenvalue weighted by Crippen LogP contribution is 2.31. The van der Waals surface area contributed by atoms with Crippen molar-refractivity contribution in [2.24, 2.45) is 11.7 Å². The standard InChI is InChI=1S/C41H53ClN6O10/c1-5-10-29(34(50)38(54)44-21-31(49)46-32(35(43)51)26-13-9-14-27(42)19-26)45-37(53)30-20-28(58-41(2,3)4)22-48(30)39(55)33(23-11-7-6-8-12-23)47-36(52)24-15-17-25(18-16-24)40(56)57/h9,13-19,23,28-30,32-33H,5-8,10-12,20-22H2,1-4H3,(H2,43,51)(H,44,54)(H,45,53)(H,46,49)(H,47,52)(H,56,57). The van der Waals surface area contributed by atoms with Gasteiger partial charge in [-0.15, -0.1) is 0 Å². The number of aromatic carboxylic acids is 1. The number of carbonyl (C=O) groups is 8. The number of nitrogens with one attached hydrogen (secondary N) is 4. The molecule has 0 spiro atoms. The third-order valence-electron chi connectivity index (χ3n) is 10.1. The number of nitrogens with two attached hydrogens (primary N) is 1. The van der Waals surface area contributed by atoms with E-state index in [-0.39, 0.29) is 36.4 Å². The van der Waals surface area contributed by atoms with Gasteiger partial charge in [0.25, 0.3) is 11.8 Å². The minimum absolute atomic E-state index is 0.00150. The molecular formula is C41H53ClN6O10. The number of hydrogen-bond donors (Lipinski definition) is 6. The number of carbonyl (C=O) groups excluding carboxylic acids is 7. The molecule has 17 heteroatoms. The number of benzene rings is 2. The second kappa shape index (κ2) is 20.4. The van der Waals surface area contributed by atoms with Crippen molar-refractivity contribution >= 4 is 58.8 Å². The number of amides is 6. The number of halogens is 1. The van der Waals surface area contributed by atoms with Crippen LogP contribution in [0.5, 0.6) is 0 Å². The Labute approximate surface area is 342 Å². The molecule has 6 amide bonds. The van der Waals surface area contributed by atoms with Crippen molar-refractivity contribution in [3.8, 4) is 0 Å². The average molecular weight is 825 g/mol. The molecule has 1 heterocycles. The fraction of sp³-hybridized carbons (Fsp3) is 0.512. The Morgan fingerprint density at radius 3 is 2.17 bits per heavy atom. The zero-order chi connectivity index (χ0) is 42.7. The van der Waals surface area contributed by atoms with E-state index in [4.69, 9.17) is 22.1 Å². The second-order valence-corrected chi connectivity index (χ2v) is 16.1. The minimum atomic E-state index is -1.31. The number of carboxylic acid groups (broad SMARTS) is 1. The van der Waals surface area contributed by atoms with Gasteiger partial charge in [-0.2, -0.15) is 0 Å². The Kier molecular flexibility index (Phi) is 15.9. The molecule has 58 heavy (non-hydrogen) atoms. The molecule has 5 atom stereocenters. The Hall–Kier alpha value is -5.35. The van der Waals surface area contributed by atoms with Crippen LogP contribution in [-0.2, 0) is 33.5 Å². The monoisotopic (exact) mass is 824 g/mol. The van der Waals surface area contributed by atoms with Gasteiger partial charge in [-0.1, -0.05) is 56.3 Å². The van der Waals surface area contributed by atoms with Gasteiger partial charge in [0.1, 0.15) is 18.1 Å². The topological polar surface area (TPSA) is 243 Å². The summed E-state index contributed by atoms with van der Waals surface area (Å²) < 4.78 is 6.22. The molecule has 1 saturated carbocycles. The quantitative estimate of drug-likeness (QED) is 0.127. The second-order valence-electron chi connectivity index (χ2n) is 15.7. The van der Waals surface area contributed by atoms with Crippen molar-refractivity contribution < 1.29 is 48.2 Å². The van der Waals surface area contributed by atoms with Crippen LogP contribution in [0.15, 0.2) is 48.5 Å². The van der Waals surface area contributed by atoms with Gasteiger partial charge in [-0.05, 0) is 87.9 Å². The SMILES string of the molecule is CCCC(NC(=O)C1CC(OC(C)(C)C)CN1C(=O)C(NC(=O)c1ccc(C(=O)O)cc1)C1CCCCC1)C(=O)C(=O)NCC(=O)NC(C(N)=O)c1cccc(Cl)c1. The zero-order valence-electron chi connectivity index (χ0n) is 33.2. The number of carboxylic acids is 1. The highest BCUT2D eigenvalue weighted by atomic mass is 35.5. The summed E-state index contributed by atoms with van der Waals surface area (Å²) in [6.45, 7) is 6.61.